The fourth-order valence-electron chi connectivity index (χ4n) is 2.39. The van der Waals surface area contributed by atoms with Crippen LogP contribution in [-0.4, -0.2) is 30.9 Å². The minimum Gasteiger partial charge on any atom is -0.481 e. The number of hydrogen-bond acceptors (Lipinski definition) is 4. The van der Waals surface area contributed by atoms with Gasteiger partial charge in [-0.3, -0.25) is 4.79 Å². The van der Waals surface area contributed by atoms with Crippen LogP contribution >= 0.6 is 0 Å². The lowest BCUT2D eigenvalue weighted by molar-refractivity contribution is -0.155. The Labute approximate surface area is 119 Å². The molecular formula is C14H20O5S. The summed E-state index contributed by atoms with van der Waals surface area (Å²) in [6, 6.07) is 5.65. The molecule has 0 heterocycles. The summed E-state index contributed by atoms with van der Waals surface area (Å²) in [5.41, 5.74) is -1.19. The molecule has 6 heteroatoms. The molecule has 0 amide bonds. The minimum atomic E-state index is -3.32. The smallest absolute Gasteiger partial charge is 0.310 e. The van der Waals surface area contributed by atoms with E-state index in [0.29, 0.717) is 5.56 Å². The van der Waals surface area contributed by atoms with Crippen molar-refractivity contribution in [3.05, 3.63) is 29.8 Å². The lowest BCUT2D eigenvalue weighted by Crippen LogP contribution is -2.40. The van der Waals surface area contributed by atoms with Crippen LogP contribution in [0, 0.1) is 11.8 Å². The number of hydrogen-bond donors (Lipinski definition) is 2. The second kappa shape index (κ2) is 5.54. The maximum absolute atomic E-state index is 11.4. The third-order valence-corrected chi connectivity index (χ3v) is 4.53. The van der Waals surface area contributed by atoms with Gasteiger partial charge in [0.05, 0.1) is 10.8 Å². The maximum Gasteiger partial charge on any atom is 0.310 e. The summed E-state index contributed by atoms with van der Waals surface area (Å²) in [6.45, 7) is 4.87. The third-order valence-electron chi connectivity index (χ3n) is 3.41. The predicted molar refractivity (Wildman–Crippen MR) is 75.1 cm³/mol. The molecule has 0 bridgehead atoms. The van der Waals surface area contributed by atoms with Crippen LogP contribution in [0.3, 0.4) is 0 Å². The number of carboxylic acid groups (broad SMARTS) is 1. The van der Waals surface area contributed by atoms with E-state index in [-0.39, 0.29) is 10.8 Å². The summed E-state index contributed by atoms with van der Waals surface area (Å²) in [5.74, 6) is -2.33. The van der Waals surface area contributed by atoms with Crippen LogP contribution in [0.15, 0.2) is 29.2 Å². The second-order valence-corrected chi connectivity index (χ2v) is 7.52. The van der Waals surface area contributed by atoms with Crippen molar-refractivity contribution in [2.45, 2.75) is 31.3 Å². The number of carboxylic acids is 1. The molecule has 5 nitrogen and oxygen atoms in total. The number of aliphatic carboxylic acids is 1. The van der Waals surface area contributed by atoms with Crippen molar-refractivity contribution >= 4 is 15.8 Å². The van der Waals surface area contributed by atoms with E-state index in [2.05, 4.69) is 0 Å². The molecule has 1 aromatic carbocycles. The zero-order chi connectivity index (χ0) is 15.7. The van der Waals surface area contributed by atoms with Crippen LogP contribution in [0.2, 0.25) is 0 Å². The molecule has 1 aromatic rings. The van der Waals surface area contributed by atoms with Gasteiger partial charge < -0.3 is 10.2 Å². The SMILES string of the molecule is CC(C)C(C(=O)O)C(C)(O)c1ccc(S(C)(=O)=O)cc1. The van der Waals surface area contributed by atoms with Crippen LogP contribution in [-0.2, 0) is 20.2 Å². The van der Waals surface area contributed by atoms with Gasteiger partial charge in [0.25, 0.3) is 0 Å². The van der Waals surface area contributed by atoms with Gasteiger partial charge in [-0.05, 0) is 30.5 Å². The Bertz CT molecular complexity index is 584. The van der Waals surface area contributed by atoms with Crippen LogP contribution < -0.4 is 0 Å². The number of aliphatic hydroxyl groups is 1. The van der Waals surface area contributed by atoms with Gasteiger partial charge in [0.1, 0.15) is 5.60 Å². The van der Waals surface area contributed by atoms with E-state index in [9.17, 15) is 23.4 Å². The molecule has 2 atom stereocenters. The van der Waals surface area contributed by atoms with Crippen LogP contribution in [0.1, 0.15) is 26.3 Å². The average Bonchev–Trinajstić information content (AvgIpc) is 2.26. The first-order valence-electron chi connectivity index (χ1n) is 6.23. The van der Waals surface area contributed by atoms with Crippen molar-refractivity contribution in [3.63, 3.8) is 0 Å². The molecule has 112 valence electrons. The van der Waals surface area contributed by atoms with Crippen LogP contribution in [0.5, 0.6) is 0 Å². The van der Waals surface area contributed by atoms with Crippen molar-refractivity contribution < 1.29 is 23.4 Å². The molecule has 0 aliphatic heterocycles. The quantitative estimate of drug-likeness (QED) is 0.862. The number of benzene rings is 1. The molecule has 0 aliphatic rings. The van der Waals surface area contributed by atoms with Crippen LogP contribution in [0.25, 0.3) is 0 Å². The number of rotatable bonds is 5. The highest BCUT2D eigenvalue weighted by Gasteiger charge is 2.41. The van der Waals surface area contributed by atoms with Gasteiger partial charge >= 0.3 is 5.97 Å². The van der Waals surface area contributed by atoms with E-state index in [1.165, 1.54) is 31.2 Å². The molecule has 0 spiro atoms. The van der Waals surface area contributed by atoms with E-state index in [0.717, 1.165) is 6.26 Å². The normalized spacial score (nSPS) is 16.7. The predicted octanol–water partition coefficient (Wildman–Crippen LogP) is 1.65. The van der Waals surface area contributed by atoms with E-state index in [1.807, 2.05) is 0 Å². The monoisotopic (exact) mass is 300 g/mol. The Morgan fingerprint density at radius 1 is 1.20 bits per heavy atom. The van der Waals surface area contributed by atoms with Gasteiger partial charge in [-0.2, -0.15) is 0 Å². The molecule has 2 N–H and O–H groups in total. The Balaban J connectivity index is 3.25. The molecule has 20 heavy (non-hydrogen) atoms. The summed E-state index contributed by atoms with van der Waals surface area (Å²) in [7, 11) is -3.32. The molecular weight excluding hydrogens is 280 g/mol. The fraction of sp³-hybridized carbons (Fsp3) is 0.500. The van der Waals surface area contributed by atoms with Gasteiger partial charge in [-0.1, -0.05) is 26.0 Å². The minimum absolute atomic E-state index is 0.133. The lowest BCUT2D eigenvalue weighted by atomic mass is 9.76. The molecule has 0 saturated carbocycles. The largest absolute Gasteiger partial charge is 0.481 e. The highest BCUT2D eigenvalue weighted by molar-refractivity contribution is 7.90. The zero-order valence-corrected chi connectivity index (χ0v) is 12.8. The van der Waals surface area contributed by atoms with Gasteiger partial charge in [-0.15, -0.1) is 0 Å². The molecule has 2 unspecified atom stereocenters. The number of carbonyl (C=O) groups is 1. The van der Waals surface area contributed by atoms with Crippen molar-refractivity contribution in [1.82, 2.24) is 0 Å². The topological polar surface area (TPSA) is 91.7 Å². The van der Waals surface area contributed by atoms with Gasteiger partial charge in [0.15, 0.2) is 9.84 Å². The summed E-state index contributed by atoms with van der Waals surface area (Å²) in [4.78, 5) is 11.5. The van der Waals surface area contributed by atoms with Crippen molar-refractivity contribution in [1.29, 1.82) is 0 Å². The van der Waals surface area contributed by atoms with Gasteiger partial charge in [-0.25, -0.2) is 8.42 Å². The Morgan fingerprint density at radius 2 is 1.65 bits per heavy atom. The lowest BCUT2D eigenvalue weighted by Gasteiger charge is -2.33. The summed E-state index contributed by atoms with van der Waals surface area (Å²) >= 11 is 0. The van der Waals surface area contributed by atoms with Gasteiger partial charge in [0, 0.05) is 6.26 Å². The van der Waals surface area contributed by atoms with Crippen LogP contribution in [0.4, 0.5) is 0 Å². The Hall–Kier alpha value is -1.40. The van der Waals surface area contributed by atoms with E-state index in [1.54, 1.807) is 13.8 Å². The Kier molecular flexibility index (Phi) is 4.61. The molecule has 1 rings (SSSR count). The summed E-state index contributed by atoms with van der Waals surface area (Å²) in [5, 5.41) is 19.8. The first-order chi connectivity index (χ1) is 8.98. The molecule has 0 saturated heterocycles. The fourth-order valence-corrected chi connectivity index (χ4v) is 3.02. The summed E-state index contributed by atoms with van der Waals surface area (Å²) in [6.07, 6.45) is 1.09. The molecule has 0 aromatic heterocycles. The standard InChI is InChI=1S/C14H20O5S/c1-9(2)12(13(15)16)14(3,17)10-5-7-11(8-6-10)20(4,18)19/h5-9,12,17H,1-4H3,(H,15,16). The highest BCUT2D eigenvalue weighted by atomic mass is 32.2. The van der Waals surface area contributed by atoms with E-state index in [4.69, 9.17) is 0 Å². The van der Waals surface area contributed by atoms with E-state index >= 15 is 0 Å². The first-order valence-corrected chi connectivity index (χ1v) is 8.13. The third kappa shape index (κ3) is 3.37. The number of sulfone groups is 1. The van der Waals surface area contributed by atoms with E-state index < -0.39 is 27.3 Å². The average molecular weight is 300 g/mol. The molecule has 0 radical (unpaired) electrons. The Morgan fingerprint density at radius 3 is 1.95 bits per heavy atom. The maximum atomic E-state index is 11.4. The first kappa shape index (κ1) is 16.7. The van der Waals surface area contributed by atoms with Crippen molar-refractivity contribution in [2.75, 3.05) is 6.26 Å². The van der Waals surface area contributed by atoms with Crippen molar-refractivity contribution in [2.24, 2.45) is 11.8 Å². The molecule has 0 aliphatic carbocycles. The highest BCUT2D eigenvalue weighted by Crippen LogP contribution is 2.34. The van der Waals surface area contributed by atoms with Gasteiger partial charge in [0.2, 0.25) is 0 Å². The van der Waals surface area contributed by atoms with Crippen molar-refractivity contribution in [3.8, 4) is 0 Å². The summed E-state index contributed by atoms with van der Waals surface area (Å²) < 4.78 is 22.8. The second-order valence-electron chi connectivity index (χ2n) is 5.50. The zero-order valence-electron chi connectivity index (χ0n) is 12.0. The molecule has 0 fully saturated rings.